The minimum absolute atomic E-state index is 0.0373. The molecule has 0 unspecified atom stereocenters. The third-order valence-electron chi connectivity index (χ3n) is 3.43. The Morgan fingerprint density at radius 1 is 1.48 bits per heavy atom. The molecule has 0 aromatic carbocycles. The summed E-state index contributed by atoms with van der Waals surface area (Å²) in [5, 5.41) is 0.271. The van der Waals surface area contributed by atoms with Gasteiger partial charge in [-0.1, -0.05) is 0 Å². The van der Waals surface area contributed by atoms with Gasteiger partial charge < -0.3 is 14.4 Å². The van der Waals surface area contributed by atoms with Crippen LogP contribution in [0, 0.1) is 5.92 Å². The first-order valence-electron chi connectivity index (χ1n) is 7.16. The van der Waals surface area contributed by atoms with E-state index in [-0.39, 0.29) is 17.9 Å². The lowest BCUT2D eigenvalue weighted by Crippen LogP contribution is -2.35. The lowest BCUT2D eigenvalue weighted by atomic mass is 9.98. The molecule has 1 saturated heterocycles. The maximum atomic E-state index is 11.2. The molecule has 6 nitrogen and oxygen atoms in total. The average Bonchev–Trinajstić information content (AvgIpc) is 2.48. The van der Waals surface area contributed by atoms with Gasteiger partial charge in [-0.15, -0.1) is 0 Å². The van der Waals surface area contributed by atoms with E-state index in [1.807, 2.05) is 6.07 Å². The third kappa shape index (κ3) is 5.13. The summed E-state index contributed by atoms with van der Waals surface area (Å²) in [6.45, 7) is 4.61. The molecule has 0 spiro atoms. The molecule has 7 heteroatoms. The molecule has 0 bridgehead atoms. The van der Waals surface area contributed by atoms with Crippen molar-refractivity contribution in [3.05, 3.63) is 17.5 Å². The van der Waals surface area contributed by atoms with Gasteiger partial charge in [0.25, 0.3) is 0 Å². The highest BCUT2D eigenvalue weighted by molar-refractivity contribution is 6.28. The van der Waals surface area contributed by atoms with Crippen LogP contribution in [0.15, 0.2) is 12.3 Å². The molecule has 1 aliphatic rings. The van der Waals surface area contributed by atoms with E-state index in [2.05, 4.69) is 14.9 Å². The van der Waals surface area contributed by atoms with Crippen molar-refractivity contribution >= 4 is 23.4 Å². The maximum absolute atomic E-state index is 11.2. The topological polar surface area (TPSA) is 64.6 Å². The van der Waals surface area contributed by atoms with E-state index in [1.165, 1.54) is 0 Å². The van der Waals surface area contributed by atoms with Gasteiger partial charge in [0.05, 0.1) is 13.2 Å². The molecule has 0 amide bonds. The normalized spacial score (nSPS) is 16.0. The van der Waals surface area contributed by atoms with Crippen molar-refractivity contribution in [3.63, 3.8) is 0 Å². The molecule has 1 aliphatic heterocycles. The van der Waals surface area contributed by atoms with Crippen LogP contribution in [0.25, 0.3) is 0 Å². The lowest BCUT2D eigenvalue weighted by molar-refractivity contribution is -0.148. The second-order valence-electron chi connectivity index (χ2n) is 4.93. The van der Waals surface area contributed by atoms with Crippen LogP contribution in [-0.2, 0) is 14.3 Å². The van der Waals surface area contributed by atoms with Crippen LogP contribution >= 0.6 is 11.6 Å². The number of ether oxygens (including phenoxy) is 2. The number of rotatable bonds is 6. The molecule has 0 saturated carbocycles. The zero-order valence-corrected chi connectivity index (χ0v) is 12.9. The molecule has 21 heavy (non-hydrogen) atoms. The number of carbonyl (C=O) groups excluding carboxylic acids is 1. The van der Waals surface area contributed by atoms with Gasteiger partial charge in [0.1, 0.15) is 12.4 Å². The Balaban J connectivity index is 1.70. The highest BCUT2D eigenvalue weighted by atomic mass is 35.5. The second kappa shape index (κ2) is 8.14. The number of carbonyl (C=O) groups is 1. The van der Waals surface area contributed by atoms with Crippen molar-refractivity contribution in [3.8, 4) is 0 Å². The molecular formula is C14H20ClN3O3. The van der Waals surface area contributed by atoms with Crippen molar-refractivity contribution < 1.29 is 14.3 Å². The average molecular weight is 314 g/mol. The molecule has 0 radical (unpaired) electrons. The van der Waals surface area contributed by atoms with Gasteiger partial charge in [0.2, 0.25) is 5.28 Å². The predicted octanol–water partition coefficient (Wildman–Crippen LogP) is 1.93. The van der Waals surface area contributed by atoms with Crippen molar-refractivity contribution in [2.75, 3.05) is 37.8 Å². The van der Waals surface area contributed by atoms with Crippen LogP contribution in [0.4, 0.5) is 5.82 Å². The van der Waals surface area contributed by atoms with Crippen molar-refractivity contribution in [2.45, 2.75) is 19.8 Å². The third-order valence-corrected chi connectivity index (χ3v) is 3.61. The van der Waals surface area contributed by atoms with E-state index in [1.54, 1.807) is 13.1 Å². The number of nitrogens with zero attached hydrogens (tertiary/aromatic N) is 3. The fourth-order valence-corrected chi connectivity index (χ4v) is 2.49. The summed E-state index contributed by atoms with van der Waals surface area (Å²) in [6.07, 6.45) is 3.67. The number of halogens is 1. The number of piperidine rings is 1. The van der Waals surface area contributed by atoms with Crippen LogP contribution < -0.4 is 4.90 Å². The molecule has 2 rings (SSSR count). The summed E-state index contributed by atoms with van der Waals surface area (Å²) in [5.74, 6) is 1.03. The molecule has 0 aliphatic carbocycles. The lowest BCUT2D eigenvalue weighted by Gasteiger charge is -2.32. The summed E-state index contributed by atoms with van der Waals surface area (Å²) in [6, 6.07) is 1.86. The largest absolute Gasteiger partial charge is 0.464 e. The Labute approximate surface area is 129 Å². The van der Waals surface area contributed by atoms with E-state index in [0.717, 1.165) is 31.7 Å². The summed E-state index contributed by atoms with van der Waals surface area (Å²) < 4.78 is 10.2. The van der Waals surface area contributed by atoms with Crippen molar-refractivity contribution in [1.29, 1.82) is 0 Å². The minimum Gasteiger partial charge on any atom is -0.464 e. The zero-order valence-electron chi connectivity index (χ0n) is 12.1. The predicted molar refractivity (Wildman–Crippen MR) is 79.4 cm³/mol. The molecule has 0 atom stereocenters. The Bertz CT molecular complexity index is 465. The van der Waals surface area contributed by atoms with E-state index in [0.29, 0.717) is 19.1 Å². The highest BCUT2D eigenvalue weighted by Gasteiger charge is 2.20. The van der Waals surface area contributed by atoms with Crippen LogP contribution in [-0.4, -0.2) is 48.8 Å². The van der Waals surface area contributed by atoms with Crippen LogP contribution in [0.3, 0.4) is 0 Å². The summed E-state index contributed by atoms with van der Waals surface area (Å²) in [7, 11) is 0. The molecule has 1 aromatic rings. The van der Waals surface area contributed by atoms with E-state index in [4.69, 9.17) is 21.1 Å². The molecule has 1 fully saturated rings. The molecule has 2 heterocycles. The Kier molecular flexibility index (Phi) is 6.20. The Morgan fingerprint density at radius 2 is 2.24 bits per heavy atom. The van der Waals surface area contributed by atoms with Gasteiger partial charge in [0.15, 0.2) is 0 Å². The maximum Gasteiger partial charge on any atom is 0.332 e. The number of aromatic nitrogens is 2. The number of hydrogen-bond donors (Lipinski definition) is 0. The SMILES string of the molecule is CCOC(=O)COCC1CCN(c2ccnc(Cl)n2)CC1. The number of anilines is 1. The first kappa shape index (κ1) is 16.0. The Hall–Kier alpha value is -1.40. The minimum atomic E-state index is -0.300. The van der Waals surface area contributed by atoms with E-state index in [9.17, 15) is 4.79 Å². The van der Waals surface area contributed by atoms with Gasteiger partial charge in [-0.05, 0) is 43.4 Å². The fourth-order valence-electron chi connectivity index (χ4n) is 2.34. The summed E-state index contributed by atoms with van der Waals surface area (Å²) in [4.78, 5) is 21.5. The van der Waals surface area contributed by atoms with E-state index >= 15 is 0 Å². The van der Waals surface area contributed by atoms with Gasteiger partial charge in [0, 0.05) is 19.3 Å². The standard InChI is InChI=1S/C14H20ClN3O3/c1-2-21-13(19)10-20-9-11-4-7-18(8-5-11)12-3-6-16-14(15)17-12/h3,6,11H,2,4-5,7-10H2,1H3. The van der Waals surface area contributed by atoms with Crippen molar-refractivity contribution in [1.82, 2.24) is 9.97 Å². The number of esters is 1. The highest BCUT2D eigenvalue weighted by Crippen LogP contribution is 2.22. The fraction of sp³-hybridized carbons (Fsp3) is 0.643. The first-order valence-corrected chi connectivity index (χ1v) is 7.53. The smallest absolute Gasteiger partial charge is 0.332 e. The van der Waals surface area contributed by atoms with Gasteiger partial charge in [-0.2, -0.15) is 0 Å². The molecule has 116 valence electrons. The molecule has 1 aromatic heterocycles. The monoisotopic (exact) mass is 313 g/mol. The van der Waals surface area contributed by atoms with Gasteiger partial charge in [-0.25, -0.2) is 14.8 Å². The molecular weight excluding hydrogens is 294 g/mol. The number of hydrogen-bond acceptors (Lipinski definition) is 6. The summed E-state index contributed by atoms with van der Waals surface area (Å²) >= 11 is 5.80. The molecule has 0 N–H and O–H groups in total. The first-order chi connectivity index (χ1) is 10.2. The summed E-state index contributed by atoms with van der Waals surface area (Å²) in [5.41, 5.74) is 0. The zero-order chi connectivity index (χ0) is 15.1. The van der Waals surface area contributed by atoms with Crippen molar-refractivity contribution in [2.24, 2.45) is 5.92 Å². The van der Waals surface area contributed by atoms with E-state index < -0.39 is 0 Å². The van der Waals surface area contributed by atoms with Gasteiger partial charge in [-0.3, -0.25) is 0 Å². The quantitative estimate of drug-likeness (QED) is 0.590. The second-order valence-corrected chi connectivity index (χ2v) is 5.27. The van der Waals surface area contributed by atoms with Crippen LogP contribution in [0.5, 0.6) is 0 Å². The van der Waals surface area contributed by atoms with Crippen LogP contribution in [0.2, 0.25) is 5.28 Å². The van der Waals surface area contributed by atoms with Gasteiger partial charge >= 0.3 is 5.97 Å². The van der Waals surface area contributed by atoms with Crippen LogP contribution in [0.1, 0.15) is 19.8 Å². The Morgan fingerprint density at radius 3 is 2.90 bits per heavy atom.